The summed E-state index contributed by atoms with van der Waals surface area (Å²) < 4.78 is 14.5. The van der Waals surface area contributed by atoms with Gasteiger partial charge in [0, 0.05) is 22.5 Å². The highest BCUT2D eigenvalue weighted by molar-refractivity contribution is 5.85. The van der Waals surface area contributed by atoms with Gasteiger partial charge in [-0.1, -0.05) is 62.4 Å². The molecule has 4 aromatic carbocycles. The Balaban J connectivity index is 1.74. The van der Waals surface area contributed by atoms with Gasteiger partial charge in [0.1, 0.15) is 12.1 Å². The van der Waals surface area contributed by atoms with Crippen molar-refractivity contribution in [2.45, 2.75) is 19.3 Å². The third kappa shape index (κ3) is 3.16. The molecule has 4 aromatic rings. The van der Waals surface area contributed by atoms with Crippen LogP contribution in [0.2, 0.25) is 0 Å². The number of hydrogen-bond donors (Lipinski definition) is 0. The van der Waals surface area contributed by atoms with Crippen LogP contribution in [0.3, 0.4) is 0 Å². The van der Waals surface area contributed by atoms with Crippen LogP contribution in [0.1, 0.15) is 36.1 Å². The first-order chi connectivity index (χ1) is 16.0. The Morgan fingerprint density at radius 3 is 1.94 bits per heavy atom. The number of halogens is 1. The molecule has 0 aliphatic heterocycles. The van der Waals surface area contributed by atoms with E-state index in [2.05, 4.69) is 50.2 Å². The first-order valence-corrected chi connectivity index (χ1v) is 10.7. The summed E-state index contributed by atoms with van der Waals surface area (Å²) in [4.78, 5) is 1.96. The second kappa shape index (κ2) is 7.62. The van der Waals surface area contributed by atoms with E-state index in [1.807, 2.05) is 53.4 Å². The van der Waals surface area contributed by atoms with Crippen LogP contribution in [-0.4, -0.2) is 0 Å². The van der Waals surface area contributed by atoms with Crippen LogP contribution in [0.4, 0.5) is 21.5 Å². The lowest BCUT2D eigenvalue weighted by molar-refractivity contribution is 0.620. The molecule has 1 aliphatic carbocycles. The van der Waals surface area contributed by atoms with Crippen molar-refractivity contribution >= 4 is 17.1 Å². The van der Waals surface area contributed by atoms with Crippen LogP contribution in [0.15, 0.2) is 84.9 Å². The topological polar surface area (TPSA) is 50.8 Å². The summed E-state index contributed by atoms with van der Waals surface area (Å²) in [6.45, 7) is 4.43. The van der Waals surface area contributed by atoms with Gasteiger partial charge >= 0.3 is 0 Å². The molecule has 0 bridgehead atoms. The van der Waals surface area contributed by atoms with E-state index in [4.69, 9.17) is 0 Å². The van der Waals surface area contributed by atoms with Crippen molar-refractivity contribution in [3.05, 3.63) is 113 Å². The van der Waals surface area contributed by atoms with Crippen molar-refractivity contribution < 1.29 is 4.39 Å². The molecule has 4 heteroatoms. The third-order valence-corrected chi connectivity index (χ3v) is 6.40. The van der Waals surface area contributed by atoms with E-state index in [1.165, 1.54) is 34.4 Å². The van der Waals surface area contributed by atoms with Gasteiger partial charge in [-0.25, -0.2) is 4.39 Å². The summed E-state index contributed by atoms with van der Waals surface area (Å²) in [7, 11) is 0. The standard InChI is InChI=1S/C29H20FN3/c1-29(2)26-11-7-6-10-24(26)25-13-12-22(16-27(25)29)33(21-8-4-3-5-9-21)23-14-19(17-31)28(30)20(15-23)18-32/h3-16H,1-2H3. The van der Waals surface area contributed by atoms with Crippen molar-refractivity contribution in [1.29, 1.82) is 10.5 Å². The van der Waals surface area contributed by atoms with E-state index >= 15 is 0 Å². The zero-order chi connectivity index (χ0) is 23.2. The van der Waals surface area contributed by atoms with Gasteiger partial charge in [0.2, 0.25) is 0 Å². The maximum absolute atomic E-state index is 14.5. The van der Waals surface area contributed by atoms with Gasteiger partial charge in [-0.05, 0) is 58.7 Å². The fourth-order valence-corrected chi connectivity index (χ4v) is 4.76. The molecule has 0 saturated heterocycles. The van der Waals surface area contributed by atoms with Gasteiger partial charge in [0.05, 0.1) is 11.1 Å². The second-order valence-corrected chi connectivity index (χ2v) is 8.65. The number of fused-ring (bicyclic) bond motifs is 3. The summed E-state index contributed by atoms with van der Waals surface area (Å²) in [5, 5.41) is 18.9. The van der Waals surface area contributed by atoms with Gasteiger partial charge in [-0.15, -0.1) is 0 Å². The Morgan fingerprint density at radius 2 is 1.27 bits per heavy atom. The molecular weight excluding hydrogens is 409 g/mol. The van der Waals surface area contributed by atoms with E-state index in [0.717, 1.165) is 11.4 Å². The normalized spacial score (nSPS) is 12.9. The fraction of sp³-hybridized carbons (Fsp3) is 0.103. The Morgan fingerprint density at radius 1 is 0.667 bits per heavy atom. The predicted molar refractivity (Wildman–Crippen MR) is 128 cm³/mol. The van der Waals surface area contributed by atoms with Gasteiger partial charge in [0.15, 0.2) is 5.82 Å². The third-order valence-electron chi connectivity index (χ3n) is 6.40. The van der Waals surface area contributed by atoms with Gasteiger partial charge in [0.25, 0.3) is 0 Å². The first-order valence-electron chi connectivity index (χ1n) is 10.7. The zero-order valence-corrected chi connectivity index (χ0v) is 18.3. The number of rotatable bonds is 3. The molecule has 158 valence electrons. The molecule has 0 atom stereocenters. The summed E-state index contributed by atoms with van der Waals surface area (Å²) in [5.41, 5.74) is 6.71. The molecule has 0 aromatic heterocycles. The van der Waals surface area contributed by atoms with Crippen molar-refractivity contribution in [3.8, 4) is 23.3 Å². The first kappa shape index (κ1) is 20.5. The molecule has 0 unspecified atom stereocenters. The van der Waals surface area contributed by atoms with E-state index in [0.29, 0.717) is 5.69 Å². The minimum Gasteiger partial charge on any atom is -0.310 e. The number of para-hydroxylation sites is 1. The molecule has 33 heavy (non-hydrogen) atoms. The molecular formula is C29H20FN3. The van der Waals surface area contributed by atoms with Crippen molar-refractivity contribution in [2.75, 3.05) is 4.90 Å². The maximum atomic E-state index is 14.5. The molecule has 0 heterocycles. The van der Waals surface area contributed by atoms with Crippen LogP contribution in [-0.2, 0) is 5.41 Å². The van der Waals surface area contributed by atoms with Crippen molar-refractivity contribution in [3.63, 3.8) is 0 Å². The van der Waals surface area contributed by atoms with Crippen LogP contribution < -0.4 is 4.90 Å². The molecule has 0 radical (unpaired) electrons. The summed E-state index contributed by atoms with van der Waals surface area (Å²) in [6.07, 6.45) is 0. The fourth-order valence-electron chi connectivity index (χ4n) is 4.76. The predicted octanol–water partition coefficient (Wildman–Crippen LogP) is 7.35. The Hall–Kier alpha value is -4.41. The van der Waals surface area contributed by atoms with Crippen LogP contribution in [0, 0.1) is 28.5 Å². The van der Waals surface area contributed by atoms with E-state index in [1.54, 1.807) is 0 Å². The van der Waals surface area contributed by atoms with Gasteiger partial charge in [-0.2, -0.15) is 10.5 Å². The number of benzene rings is 4. The monoisotopic (exact) mass is 429 g/mol. The minimum absolute atomic E-state index is 0.154. The number of nitrogens with zero attached hydrogens (tertiary/aromatic N) is 3. The van der Waals surface area contributed by atoms with E-state index in [9.17, 15) is 14.9 Å². The van der Waals surface area contributed by atoms with E-state index < -0.39 is 5.82 Å². The Kier molecular flexibility index (Phi) is 4.73. The SMILES string of the molecule is CC1(C)c2ccccc2-c2ccc(N(c3ccccc3)c3cc(C#N)c(F)c(C#N)c3)cc21. The molecule has 3 nitrogen and oxygen atoms in total. The van der Waals surface area contributed by atoms with Crippen molar-refractivity contribution in [1.82, 2.24) is 0 Å². The highest BCUT2D eigenvalue weighted by Gasteiger charge is 2.35. The van der Waals surface area contributed by atoms with Crippen LogP contribution in [0.25, 0.3) is 11.1 Å². The molecule has 1 aliphatic rings. The number of nitriles is 2. The zero-order valence-electron chi connectivity index (χ0n) is 18.3. The lowest BCUT2D eigenvalue weighted by Crippen LogP contribution is -2.16. The average molecular weight is 429 g/mol. The molecule has 0 N–H and O–H groups in total. The number of hydrogen-bond acceptors (Lipinski definition) is 3. The lowest BCUT2D eigenvalue weighted by atomic mass is 9.82. The molecule has 0 spiro atoms. The summed E-state index contributed by atoms with van der Waals surface area (Å²) in [6, 6.07) is 31.2. The quantitative estimate of drug-likeness (QED) is 0.342. The Labute approximate surface area is 192 Å². The summed E-state index contributed by atoms with van der Waals surface area (Å²) in [5.74, 6) is -0.790. The minimum atomic E-state index is -0.790. The molecule has 0 amide bonds. The maximum Gasteiger partial charge on any atom is 0.158 e. The average Bonchev–Trinajstić information content (AvgIpc) is 3.07. The highest BCUT2D eigenvalue weighted by atomic mass is 19.1. The number of anilines is 3. The van der Waals surface area contributed by atoms with Crippen LogP contribution in [0.5, 0.6) is 0 Å². The lowest BCUT2D eigenvalue weighted by Gasteiger charge is -2.28. The molecule has 0 fully saturated rings. The molecule has 5 rings (SSSR count). The van der Waals surface area contributed by atoms with Gasteiger partial charge in [-0.3, -0.25) is 0 Å². The van der Waals surface area contributed by atoms with E-state index in [-0.39, 0.29) is 16.5 Å². The van der Waals surface area contributed by atoms with Gasteiger partial charge < -0.3 is 4.90 Å². The second-order valence-electron chi connectivity index (χ2n) is 8.65. The van der Waals surface area contributed by atoms with Crippen molar-refractivity contribution in [2.24, 2.45) is 0 Å². The Bertz CT molecular complexity index is 1440. The van der Waals surface area contributed by atoms with Crippen LogP contribution >= 0.6 is 0 Å². The molecule has 0 saturated carbocycles. The highest BCUT2D eigenvalue weighted by Crippen LogP contribution is 2.50. The summed E-state index contributed by atoms with van der Waals surface area (Å²) >= 11 is 0. The largest absolute Gasteiger partial charge is 0.310 e. The smallest absolute Gasteiger partial charge is 0.158 e.